The van der Waals surface area contributed by atoms with E-state index in [4.69, 9.17) is 19.9 Å². The number of hydrogen-bond acceptors (Lipinski definition) is 7. The van der Waals surface area contributed by atoms with Gasteiger partial charge in [-0.05, 0) is 60.9 Å². The van der Waals surface area contributed by atoms with Crippen molar-refractivity contribution in [1.82, 2.24) is 10.3 Å². The molecule has 0 aliphatic rings. The quantitative estimate of drug-likeness (QED) is 0.387. The lowest BCUT2D eigenvalue weighted by atomic mass is 9.86. The van der Waals surface area contributed by atoms with Crippen molar-refractivity contribution < 1.29 is 19.3 Å². The fraction of sp³-hybridized carbons (Fsp3) is 0.346. The number of aliphatic hydroxyl groups excluding tert-OH is 1. The van der Waals surface area contributed by atoms with Crippen LogP contribution in [0.5, 0.6) is 17.2 Å². The second-order valence-corrected chi connectivity index (χ2v) is 8.03. The zero-order chi connectivity index (χ0) is 23.6. The van der Waals surface area contributed by atoms with E-state index < -0.39 is 6.10 Å². The number of methoxy groups -OCH3 is 2. The first kappa shape index (κ1) is 24.4. The third kappa shape index (κ3) is 7.37. The van der Waals surface area contributed by atoms with Gasteiger partial charge in [-0.15, -0.1) is 0 Å². The van der Waals surface area contributed by atoms with E-state index >= 15 is 0 Å². The highest BCUT2D eigenvalue weighted by Gasteiger charge is 2.19. The number of nitrogen functional groups attached to an aromatic ring is 1. The number of aromatic nitrogens is 1. The summed E-state index contributed by atoms with van der Waals surface area (Å²) in [5.74, 6) is 2.85. The van der Waals surface area contributed by atoms with Crippen LogP contribution in [0.15, 0.2) is 66.9 Å². The highest BCUT2D eigenvalue weighted by molar-refractivity contribution is 5.38. The van der Waals surface area contributed by atoms with Gasteiger partial charge in [-0.3, -0.25) is 0 Å². The second kappa shape index (κ2) is 12.1. The molecule has 0 bridgehead atoms. The number of nitrogens with one attached hydrogen (secondary N) is 1. The molecule has 2 aromatic carbocycles. The van der Waals surface area contributed by atoms with Gasteiger partial charge in [0.2, 0.25) is 0 Å². The van der Waals surface area contributed by atoms with Gasteiger partial charge in [0.15, 0.2) is 0 Å². The fourth-order valence-electron chi connectivity index (χ4n) is 3.64. The minimum atomic E-state index is -0.648. The van der Waals surface area contributed by atoms with E-state index in [9.17, 15) is 5.11 Å². The Morgan fingerprint density at radius 3 is 1.91 bits per heavy atom. The Balaban J connectivity index is 1.59. The number of aliphatic hydroxyl groups is 1. The van der Waals surface area contributed by atoms with Crippen LogP contribution in [0.4, 0.5) is 5.82 Å². The Labute approximate surface area is 195 Å². The summed E-state index contributed by atoms with van der Waals surface area (Å²) >= 11 is 0. The van der Waals surface area contributed by atoms with E-state index in [0.717, 1.165) is 17.9 Å². The summed E-state index contributed by atoms with van der Waals surface area (Å²) in [6.07, 6.45) is 1.76. The maximum atomic E-state index is 10.3. The number of benzene rings is 2. The van der Waals surface area contributed by atoms with Crippen LogP contribution in [0.2, 0.25) is 0 Å². The zero-order valence-electron chi connectivity index (χ0n) is 19.4. The number of rotatable bonds is 12. The molecular formula is C26H33N3O4. The largest absolute Gasteiger partial charge is 0.497 e. The number of hydrogen-bond donors (Lipinski definition) is 3. The lowest BCUT2D eigenvalue weighted by Gasteiger charge is -2.24. The molecule has 0 saturated heterocycles. The van der Waals surface area contributed by atoms with Crippen molar-refractivity contribution in [2.45, 2.75) is 31.4 Å². The summed E-state index contributed by atoms with van der Waals surface area (Å²) in [4.78, 5) is 3.98. The van der Waals surface area contributed by atoms with E-state index in [1.54, 1.807) is 32.5 Å². The highest BCUT2D eigenvalue weighted by Crippen LogP contribution is 2.31. The summed E-state index contributed by atoms with van der Waals surface area (Å²) in [5.41, 5.74) is 7.98. The predicted octanol–water partition coefficient (Wildman–Crippen LogP) is 3.62. The molecule has 0 aliphatic carbocycles. The van der Waals surface area contributed by atoms with E-state index in [2.05, 4.69) is 41.5 Å². The summed E-state index contributed by atoms with van der Waals surface area (Å²) in [7, 11) is 3.33. The van der Waals surface area contributed by atoms with Crippen LogP contribution in [0.1, 0.15) is 30.4 Å². The van der Waals surface area contributed by atoms with Gasteiger partial charge in [0.05, 0.1) is 20.4 Å². The minimum Gasteiger partial charge on any atom is -0.497 e. The molecule has 0 amide bonds. The van der Waals surface area contributed by atoms with Gasteiger partial charge >= 0.3 is 0 Å². The van der Waals surface area contributed by atoms with E-state index in [1.807, 2.05) is 24.3 Å². The Kier molecular flexibility index (Phi) is 8.92. The van der Waals surface area contributed by atoms with Crippen LogP contribution < -0.4 is 25.3 Å². The summed E-state index contributed by atoms with van der Waals surface area (Å²) in [6.45, 7) is 2.71. The fourth-order valence-corrected chi connectivity index (χ4v) is 3.64. The molecule has 0 fully saturated rings. The normalized spacial score (nSPS) is 12.9. The van der Waals surface area contributed by atoms with E-state index in [1.165, 1.54) is 11.1 Å². The van der Waals surface area contributed by atoms with Crippen LogP contribution in [0.25, 0.3) is 0 Å². The molecule has 0 radical (unpaired) electrons. The summed E-state index contributed by atoms with van der Waals surface area (Å²) < 4.78 is 16.2. The number of nitrogens with zero attached hydrogens (tertiary/aromatic N) is 1. The first-order chi connectivity index (χ1) is 16.0. The average Bonchev–Trinajstić information content (AvgIpc) is 2.86. The molecule has 7 nitrogen and oxygen atoms in total. The van der Waals surface area contributed by atoms with Crippen LogP contribution in [0.3, 0.4) is 0 Å². The molecule has 4 N–H and O–H groups in total. The van der Waals surface area contributed by atoms with Crippen LogP contribution >= 0.6 is 0 Å². The Hall–Kier alpha value is -3.29. The number of pyridine rings is 1. The summed E-state index contributed by atoms with van der Waals surface area (Å²) in [6, 6.07) is 19.9. The van der Waals surface area contributed by atoms with Crippen molar-refractivity contribution in [2.75, 3.05) is 33.1 Å². The number of nitrogens with two attached hydrogens (primary N) is 1. The van der Waals surface area contributed by atoms with Gasteiger partial charge in [0.25, 0.3) is 0 Å². The summed E-state index contributed by atoms with van der Waals surface area (Å²) in [5, 5.41) is 13.8. The zero-order valence-corrected chi connectivity index (χ0v) is 19.4. The molecule has 3 aromatic rings. The van der Waals surface area contributed by atoms with Crippen LogP contribution in [-0.2, 0) is 0 Å². The third-order valence-corrected chi connectivity index (χ3v) is 5.53. The maximum Gasteiger partial charge on any atom is 0.137 e. The first-order valence-electron chi connectivity index (χ1n) is 11.0. The lowest BCUT2D eigenvalue weighted by molar-refractivity contribution is 0.103. The molecule has 0 saturated carbocycles. The molecular weight excluding hydrogens is 418 g/mol. The topological polar surface area (TPSA) is 98.9 Å². The molecule has 33 heavy (non-hydrogen) atoms. The number of anilines is 1. The van der Waals surface area contributed by atoms with Gasteiger partial charge in [-0.25, -0.2) is 4.98 Å². The van der Waals surface area contributed by atoms with Crippen LogP contribution in [-0.4, -0.2) is 49.6 Å². The molecule has 3 rings (SSSR count). The van der Waals surface area contributed by atoms with Gasteiger partial charge in [-0.2, -0.15) is 0 Å². The molecule has 0 spiro atoms. The molecule has 1 unspecified atom stereocenters. The van der Waals surface area contributed by atoms with Crippen molar-refractivity contribution in [2.24, 2.45) is 0 Å². The van der Waals surface area contributed by atoms with Gasteiger partial charge < -0.3 is 30.4 Å². The molecule has 0 aliphatic heterocycles. The number of ether oxygens (including phenoxy) is 3. The smallest absolute Gasteiger partial charge is 0.137 e. The molecule has 1 aromatic heterocycles. The Morgan fingerprint density at radius 1 is 0.879 bits per heavy atom. The Bertz CT molecular complexity index is 915. The van der Waals surface area contributed by atoms with Crippen LogP contribution in [0, 0.1) is 0 Å². The maximum absolute atomic E-state index is 10.3. The second-order valence-electron chi connectivity index (χ2n) is 8.03. The minimum absolute atomic E-state index is 0.159. The average molecular weight is 452 g/mol. The molecule has 176 valence electrons. The third-order valence-electron chi connectivity index (χ3n) is 5.53. The first-order valence-corrected chi connectivity index (χ1v) is 11.0. The predicted molar refractivity (Wildman–Crippen MR) is 130 cm³/mol. The molecule has 2 atom stereocenters. The van der Waals surface area contributed by atoms with Crippen molar-refractivity contribution in [3.63, 3.8) is 0 Å². The molecule has 7 heteroatoms. The van der Waals surface area contributed by atoms with Gasteiger partial charge in [0, 0.05) is 18.5 Å². The van der Waals surface area contributed by atoms with Gasteiger partial charge in [-0.1, -0.05) is 24.3 Å². The lowest BCUT2D eigenvalue weighted by Crippen LogP contribution is -2.37. The highest BCUT2D eigenvalue weighted by atomic mass is 16.5. The SMILES string of the molecule is COc1ccc(C(CC(C)NC[C@H](O)COc2ccc(N)nc2)c2ccc(OC)cc2)cc1. The van der Waals surface area contributed by atoms with Crippen molar-refractivity contribution in [3.8, 4) is 17.2 Å². The Morgan fingerprint density at radius 2 is 1.42 bits per heavy atom. The standard InChI is InChI=1S/C26H33N3O4/c1-18(28-15-21(30)17-33-24-12-13-26(27)29-16-24)14-25(19-4-8-22(31-2)9-5-19)20-6-10-23(32-3)11-7-20/h4-13,16,18,21,25,28,30H,14-15,17H2,1-3H3,(H2,27,29)/t18?,21-/m0/s1. The van der Waals surface area contributed by atoms with Crippen molar-refractivity contribution >= 4 is 5.82 Å². The van der Waals surface area contributed by atoms with Gasteiger partial charge in [0.1, 0.15) is 35.8 Å². The van der Waals surface area contributed by atoms with E-state index in [0.29, 0.717) is 18.1 Å². The van der Waals surface area contributed by atoms with Crippen molar-refractivity contribution in [3.05, 3.63) is 78.0 Å². The van der Waals surface area contributed by atoms with E-state index in [-0.39, 0.29) is 18.6 Å². The molecule has 1 heterocycles. The van der Waals surface area contributed by atoms with Crippen molar-refractivity contribution in [1.29, 1.82) is 0 Å². The monoisotopic (exact) mass is 451 g/mol.